The molecule has 0 aliphatic carbocycles. The summed E-state index contributed by atoms with van der Waals surface area (Å²) in [6.07, 6.45) is -11.9. The lowest BCUT2D eigenvalue weighted by Gasteiger charge is -2.28. The first-order chi connectivity index (χ1) is 11.5. The Hall–Kier alpha value is -2.14. The van der Waals surface area contributed by atoms with Crippen molar-refractivity contribution in [2.75, 3.05) is 6.61 Å². The van der Waals surface area contributed by atoms with Crippen LogP contribution in [-0.2, 0) is 19.1 Å². The summed E-state index contributed by atoms with van der Waals surface area (Å²) in [4.78, 5) is 21.2. The average Bonchev–Trinajstić information content (AvgIpc) is 2.39. The maximum atomic E-state index is 13.4. The van der Waals surface area contributed by atoms with E-state index in [9.17, 15) is 44.7 Å². The molecule has 0 radical (unpaired) electrons. The zero-order valence-corrected chi connectivity index (χ0v) is 13.1. The molecule has 0 amide bonds. The van der Waals surface area contributed by atoms with Crippen LogP contribution in [0.4, 0.5) is 35.1 Å². The Labute approximate surface area is 142 Å². The van der Waals surface area contributed by atoms with Gasteiger partial charge in [-0.05, 0) is 0 Å². The van der Waals surface area contributed by atoms with Crippen LogP contribution in [0.25, 0.3) is 0 Å². The summed E-state index contributed by atoms with van der Waals surface area (Å²) in [5, 5.41) is 0. The zero-order chi connectivity index (χ0) is 20.8. The Bertz CT molecular complexity index is 545. The second-order valence-corrected chi connectivity index (χ2v) is 5.17. The second-order valence-electron chi connectivity index (χ2n) is 5.17. The summed E-state index contributed by atoms with van der Waals surface area (Å²) in [6.45, 7) is 3.76. The van der Waals surface area contributed by atoms with E-state index in [1.165, 1.54) is 0 Å². The van der Waals surface area contributed by atoms with Crippen molar-refractivity contribution >= 4 is 11.9 Å². The largest absolute Gasteiger partial charge is 0.456 e. The lowest BCUT2D eigenvalue weighted by Crippen LogP contribution is -2.40. The fourth-order valence-electron chi connectivity index (χ4n) is 1.69. The van der Waals surface area contributed by atoms with Gasteiger partial charge in [0.1, 0.15) is 6.42 Å². The highest BCUT2D eigenvalue weighted by Crippen LogP contribution is 2.42. The summed E-state index contributed by atoms with van der Waals surface area (Å²) in [5.74, 6) is -17.2. The minimum atomic E-state index is -4.86. The molecule has 0 rings (SSSR count). The van der Waals surface area contributed by atoms with E-state index in [4.69, 9.17) is 0 Å². The van der Waals surface area contributed by atoms with Gasteiger partial charge in [0.15, 0.2) is 6.61 Å². The number of alkyl halides is 8. The molecule has 0 aliphatic rings. The number of esters is 2. The number of hydrogen-bond acceptors (Lipinski definition) is 4. The summed E-state index contributed by atoms with van der Waals surface area (Å²) in [7, 11) is 0. The molecule has 0 atom stereocenters. The fourth-order valence-corrected chi connectivity index (χ4v) is 1.69. The van der Waals surface area contributed by atoms with Gasteiger partial charge in [0, 0.05) is 12.2 Å². The SMILES string of the molecule is C=CC(=O)OCC(F)(F)CC(F)(F)CC(F)(F)CC(F)(F)OC(=O)C=C. The van der Waals surface area contributed by atoms with E-state index in [-0.39, 0.29) is 6.08 Å². The third kappa shape index (κ3) is 9.99. The number of carbonyl (C=O) groups excluding carboxylic acids is 2. The molecule has 0 aromatic carbocycles. The Morgan fingerprint density at radius 2 is 1.15 bits per heavy atom. The van der Waals surface area contributed by atoms with Gasteiger partial charge in [0.05, 0.1) is 12.8 Å². The average molecular weight is 398 g/mol. The van der Waals surface area contributed by atoms with Crippen LogP contribution in [0.3, 0.4) is 0 Å². The van der Waals surface area contributed by atoms with E-state index < -0.39 is 61.7 Å². The van der Waals surface area contributed by atoms with Gasteiger partial charge >= 0.3 is 18.0 Å². The van der Waals surface area contributed by atoms with Crippen LogP contribution < -0.4 is 0 Å². The number of rotatable bonds is 11. The van der Waals surface area contributed by atoms with Gasteiger partial charge in [-0.15, -0.1) is 0 Å². The number of hydrogen-bond donors (Lipinski definition) is 0. The molecule has 150 valence electrons. The van der Waals surface area contributed by atoms with Crippen LogP contribution in [0.5, 0.6) is 0 Å². The quantitative estimate of drug-likeness (QED) is 0.299. The molecule has 26 heavy (non-hydrogen) atoms. The molecule has 4 nitrogen and oxygen atoms in total. The van der Waals surface area contributed by atoms with Crippen LogP contribution in [0.15, 0.2) is 25.3 Å². The predicted octanol–water partition coefficient (Wildman–Crippen LogP) is 4.11. The van der Waals surface area contributed by atoms with Crippen molar-refractivity contribution in [3.05, 3.63) is 25.3 Å². The maximum Gasteiger partial charge on any atom is 0.405 e. The van der Waals surface area contributed by atoms with Crippen LogP contribution in [0, 0.1) is 0 Å². The second kappa shape index (κ2) is 8.49. The summed E-state index contributed by atoms with van der Waals surface area (Å²) in [6, 6.07) is 0. The van der Waals surface area contributed by atoms with Gasteiger partial charge in [0.25, 0.3) is 17.8 Å². The fraction of sp³-hybridized carbons (Fsp3) is 0.571. The highest BCUT2D eigenvalue weighted by atomic mass is 19.3. The van der Waals surface area contributed by atoms with Crippen LogP contribution >= 0.6 is 0 Å². The molecule has 0 aliphatic heterocycles. The smallest absolute Gasteiger partial charge is 0.405 e. The minimum Gasteiger partial charge on any atom is -0.456 e. The molecule has 0 unspecified atom stereocenters. The Balaban J connectivity index is 4.92. The Morgan fingerprint density at radius 1 is 0.731 bits per heavy atom. The van der Waals surface area contributed by atoms with Gasteiger partial charge in [-0.2, -0.15) is 8.78 Å². The van der Waals surface area contributed by atoms with Crippen molar-refractivity contribution in [1.29, 1.82) is 0 Å². The molecular weight excluding hydrogens is 384 g/mol. The molecule has 0 N–H and O–H groups in total. The van der Waals surface area contributed by atoms with E-state index in [1.54, 1.807) is 0 Å². The lowest BCUT2D eigenvalue weighted by molar-refractivity contribution is -0.263. The number of halogens is 8. The van der Waals surface area contributed by atoms with Gasteiger partial charge < -0.3 is 9.47 Å². The monoisotopic (exact) mass is 398 g/mol. The van der Waals surface area contributed by atoms with Crippen molar-refractivity contribution in [1.82, 2.24) is 0 Å². The van der Waals surface area contributed by atoms with Crippen molar-refractivity contribution in [2.45, 2.75) is 43.1 Å². The summed E-state index contributed by atoms with van der Waals surface area (Å²) >= 11 is 0. The molecule has 0 saturated carbocycles. The van der Waals surface area contributed by atoms with Gasteiger partial charge in [0.2, 0.25) is 0 Å². The molecule has 0 fully saturated rings. The van der Waals surface area contributed by atoms with Crippen molar-refractivity contribution in [2.24, 2.45) is 0 Å². The van der Waals surface area contributed by atoms with E-state index in [0.29, 0.717) is 6.08 Å². The molecule has 0 aromatic heterocycles. The summed E-state index contributed by atoms with van der Waals surface area (Å²) < 4.78 is 114. The summed E-state index contributed by atoms with van der Waals surface area (Å²) in [5.41, 5.74) is 0. The van der Waals surface area contributed by atoms with Crippen LogP contribution in [-0.4, -0.2) is 42.4 Å². The van der Waals surface area contributed by atoms with E-state index in [1.807, 2.05) is 0 Å². The molecule has 12 heteroatoms. The first kappa shape index (κ1) is 23.9. The minimum absolute atomic E-state index is 0.228. The van der Waals surface area contributed by atoms with Crippen molar-refractivity contribution in [3.63, 3.8) is 0 Å². The number of carbonyl (C=O) groups is 2. The standard InChI is InChI=1S/C14H14F8O4/c1-3-9(23)25-8-13(19,20)6-11(15,16)5-12(17,18)7-14(21,22)26-10(24)4-2/h3-4H,1-2,5-8H2. The zero-order valence-electron chi connectivity index (χ0n) is 13.1. The Kier molecular flexibility index (Phi) is 7.80. The van der Waals surface area contributed by atoms with Gasteiger partial charge in [-0.1, -0.05) is 13.2 Å². The first-order valence-corrected chi connectivity index (χ1v) is 6.69. The first-order valence-electron chi connectivity index (χ1n) is 6.69. The Morgan fingerprint density at radius 3 is 1.62 bits per heavy atom. The van der Waals surface area contributed by atoms with E-state index in [0.717, 1.165) is 0 Å². The molecule has 0 spiro atoms. The third-order valence-corrected chi connectivity index (χ3v) is 2.51. The molecular formula is C14H14F8O4. The van der Waals surface area contributed by atoms with Gasteiger partial charge in [-0.25, -0.2) is 35.9 Å². The molecule has 0 bridgehead atoms. The lowest BCUT2D eigenvalue weighted by atomic mass is 10.0. The predicted molar refractivity (Wildman–Crippen MR) is 71.1 cm³/mol. The van der Waals surface area contributed by atoms with Crippen LogP contribution in [0.2, 0.25) is 0 Å². The van der Waals surface area contributed by atoms with Gasteiger partial charge in [-0.3, -0.25) is 0 Å². The highest BCUT2D eigenvalue weighted by Gasteiger charge is 2.54. The van der Waals surface area contributed by atoms with Crippen LogP contribution in [0.1, 0.15) is 19.3 Å². The number of ether oxygens (including phenoxy) is 2. The van der Waals surface area contributed by atoms with E-state index in [2.05, 4.69) is 22.6 Å². The topological polar surface area (TPSA) is 52.6 Å². The normalized spacial score (nSPS) is 13.1. The molecule has 0 aromatic rings. The molecule has 0 saturated heterocycles. The highest BCUT2D eigenvalue weighted by molar-refractivity contribution is 5.81. The van der Waals surface area contributed by atoms with E-state index >= 15 is 0 Å². The third-order valence-electron chi connectivity index (χ3n) is 2.51. The van der Waals surface area contributed by atoms with Crippen molar-refractivity contribution < 1.29 is 54.2 Å². The maximum absolute atomic E-state index is 13.4. The molecule has 0 heterocycles. The van der Waals surface area contributed by atoms with Crippen molar-refractivity contribution in [3.8, 4) is 0 Å².